The predicted molar refractivity (Wildman–Crippen MR) is 98.1 cm³/mol. The summed E-state index contributed by atoms with van der Waals surface area (Å²) >= 11 is 0. The first-order chi connectivity index (χ1) is 12.3. The average Bonchev–Trinajstić information content (AvgIpc) is 3.05. The Morgan fingerprint density at radius 3 is 2.65 bits per heavy atom. The summed E-state index contributed by atoms with van der Waals surface area (Å²) in [7, 11) is -1.22. The largest absolute Gasteiger partial charge is 0.493 e. The number of nitrogens with zero attached hydrogens (tertiary/aromatic N) is 1. The highest BCUT2D eigenvalue weighted by molar-refractivity contribution is 7.89. The molecule has 1 heterocycles. The number of primary sulfonamides is 1. The van der Waals surface area contributed by atoms with E-state index in [-0.39, 0.29) is 28.0 Å². The third-order valence-electron chi connectivity index (χ3n) is 4.53. The average molecular weight is 385 g/mol. The highest BCUT2D eigenvalue weighted by Crippen LogP contribution is 2.34. The maximum Gasteiger partial charge on any atom is 0.255 e. The van der Waals surface area contributed by atoms with Crippen LogP contribution < -0.4 is 19.9 Å². The number of carbonyl (C=O) groups is 1. The molecule has 0 unspecified atom stereocenters. The molecule has 0 aromatic heterocycles. The molecule has 1 aromatic rings. The van der Waals surface area contributed by atoms with E-state index in [1.165, 1.54) is 26.4 Å². The smallest absolute Gasteiger partial charge is 0.255 e. The van der Waals surface area contributed by atoms with E-state index in [0.29, 0.717) is 6.54 Å². The summed E-state index contributed by atoms with van der Waals surface area (Å²) in [5, 5.41) is 8.09. The molecule has 1 amide bonds. The summed E-state index contributed by atoms with van der Waals surface area (Å²) in [6.45, 7) is 4.65. The van der Waals surface area contributed by atoms with Gasteiger partial charge >= 0.3 is 0 Å². The molecule has 1 saturated heterocycles. The van der Waals surface area contributed by atoms with Crippen molar-refractivity contribution in [2.45, 2.75) is 37.1 Å². The maximum atomic E-state index is 12.7. The van der Waals surface area contributed by atoms with Gasteiger partial charge < -0.3 is 14.8 Å². The monoisotopic (exact) mass is 385 g/mol. The van der Waals surface area contributed by atoms with Crippen LogP contribution in [0.3, 0.4) is 0 Å². The lowest BCUT2D eigenvalue weighted by atomic mass is 10.1. The number of ether oxygens (including phenoxy) is 2. The van der Waals surface area contributed by atoms with Gasteiger partial charge in [-0.15, -0.1) is 0 Å². The van der Waals surface area contributed by atoms with E-state index in [2.05, 4.69) is 17.1 Å². The summed E-state index contributed by atoms with van der Waals surface area (Å²) in [6.07, 6.45) is 3.20. The van der Waals surface area contributed by atoms with Crippen LogP contribution in [0.25, 0.3) is 0 Å². The molecule has 1 fully saturated rings. The van der Waals surface area contributed by atoms with Gasteiger partial charge in [-0.3, -0.25) is 9.69 Å². The molecule has 0 radical (unpaired) electrons. The molecule has 8 nitrogen and oxygen atoms in total. The highest BCUT2D eigenvalue weighted by atomic mass is 32.2. The second kappa shape index (κ2) is 8.70. The van der Waals surface area contributed by atoms with Crippen LogP contribution in [0.5, 0.6) is 11.5 Å². The van der Waals surface area contributed by atoms with Crippen LogP contribution in [0.4, 0.5) is 0 Å². The third-order valence-corrected chi connectivity index (χ3v) is 5.43. The molecule has 1 aliphatic heterocycles. The molecular formula is C17H27N3O5S. The Hall–Kier alpha value is -1.84. The van der Waals surface area contributed by atoms with Gasteiger partial charge in [-0.25, -0.2) is 13.6 Å². The summed E-state index contributed by atoms with van der Waals surface area (Å²) in [5.74, 6) is -0.110. The Balaban J connectivity index is 2.24. The number of rotatable bonds is 8. The van der Waals surface area contributed by atoms with Crippen molar-refractivity contribution in [2.24, 2.45) is 5.14 Å². The number of nitrogens with two attached hydrogens (primary N) is 1. The van der Waals surface area contributed by atoms with Crippen molar-refractivity contribution in [3.63, 3.8) is 0 Å². The van der Waals surface area contributed by atoms with Crippen molar-refractivity contribution in [3.8, 4) is 11.5 Å². The van der Waals surface area contributed by atoms with Crippen molar-refractivity contribution in [1.82, 2.24) is 10.2 Å². The number of benzene rings is 1. The number of sulfonamides is 1. The number of methoxy groups -OCH3 is 2. The molecule has 0 spiro atoms. The lowest BCUT2D eigenvalue weighted by molar-refractivity contribution is 0.0936. The third kappa shape index (κ3) is 4.66. The van der Waals surface area contributed by atoms with Crippen molar-refractivity contribution in [3.05, 3.63) is 17.7 Å². The Morgan fingerprint density at radius 2 is 2.08 bits per heavy atom. The second-order valence-electron chi connectivity index (χ2n) is 6.29. The summed E-state index contributed by atoms with van der Waals surface area (Å²) in [5.41, 5.74) is 0.0795. The summed E-state index contributed by atoms with van der Waals surface area (Å²) in [4.78, 5) is 14.9. The summed E-state index contributed by atoms with van der Waals surface area (Å²) < 4.78 is 33.8. The van der Waals surface area contributed by atoms with Crippen LogP contribution in [-0.2, 0) is 10.0 Å². The number of amides is 1. The van der Waals surface area contributed by atoms with Gasteiger partial charge in [-0.1, -0.05) is 6.92 Å². The van der Waals surface area contributed by atoms with E-state index < -0.39 is 15.9 Å². The van der Waals surface area contributed by atoms with Gasteiger partial charge in [-0.05, 0) is 38.4 Å². The zero-order valence-electron chi connectivity index (χ0n) is 15.4. The number of carbonyl (C=O) groups excluding carboxylic acids is 1. The molecular weight excluding hydrogens is 358 g/mol. The predicted octanol–water partition coefficient (Wildman–Crippen LogP) is 0.955. The van der Waals surface area contributed by atoms with E-state index in [1.807, 2.05) is 0 Å². The molecule has 1 aliphatic rings. The second-order valence-corrected chi connectivity index (χ2v) is 7.85. The minimum atomic E-state index is -3.99. The van der Waals surface area contributed by atoms with Gasteiger partial charge in [0.15, 0.2) is 11.5 Å². The molecule has 2 rings (SSSR count). The lowest BCUT2D eigenvalue weighted by Crippen LogP contribution is -2.40. The zero-order chi connectivity index (χ0) is 19.3. The SMILES string of the molecule is CCCN1CCC[C@@H]1CNC(=O)c1cc(S(N)(=O)=O)cc(OC)c1OC. The van der Waals surface area contributed by atoms with Crippen LogP contribution in [0.1, 0.15) is 36.5 Å². The van der Waals surface area contributed by atoms with Crippen LogP contribution in [0.15, 0.2) is 17.0 Å². The number of hydrogen-bond acceptors (Lipinski definition) is 6. The topological polar surface area (TPSA) is 111 Å². The number of nitrogens with one attached hydrogen (secondary N) is 1. The molecule has 9 heteroatoms. The normalized spacial score (nSPS) is 17.9. The maximum absolute atomic E-state index is 12.7. The molecule has 0 saturated carbocycles. The Labute approximate surface area is 154 Å². The van der Waals surface area contributed by atoms with Crippen LogP contribution in [0, 0.1) is 0 Å². The molecule has 0 aliphatic carbocycles. The van der Waals surface area contributed by atoms with E-state index in [1.54, 1.807) is 0 Å². The van der Waals surface area contributed by atoms with Crippen molar-refractivity contribution in [2.75, 3.05) is 33.9 Å². The molecule has 26 heavy (non-hydrogen) atoms. The Bertz CT molecular complexity index is 751. The van der Waals surface area contributed by atoms with E-state index >= 15 is 0 Å². The first kappa shape index (κ1) is 20.5. The van der Waals surface area contributed by atoms with E-state index in [4.69, 9.17) is 14.6 Å². The van der Waals surface area contributed by atoms with Crippen LogP contribution in [-0.4, -0.2) is 59.1 Å². The molecule has 3 N–H and O–H groups in total. The Kier molecular flexibility index (Phi) is 6.85. The number of hydrogen-bond donors (Lipinski definition) is 2. The van der Waals surface area contributed by atoms with Gasteiger partial charge in [0, 0.05) is 18.7 Å². The van der Waals surface area contributed by atoms with Gasteiger partial charge in [0.25, 0.3) is 5.91 Å². The van der Waals surface area contributed by atoms with Gasteiger partial charge in [0.2, 0.25) is 10.0 Å². The van der Waals surface area contributed by atoms with Gasteiger partial charge in [0.1, 0.15) is 0 Å². The standard InChI is InChI=1S/C17H27N3O5S/c1-4-7-20-8-5-6-12(20)11-19-17(21)14-9-13(26(18,22)23)10-15(24-2)16(14)25-3/h9-10,12H,4-8,11H2,1-3H3,(H,19,21)(H2,18,22,23)/t12-/m1/s1. The zero-order valence-corrected chi connectivity index (χ0v) is 16.3. The summed E-state index contributed by atoms with van der Waals surface area (Å²) in [6, 6.07) is 2.74. The fourth-order valence-electron chi connectivity index (χ4n) is 3.29. The fourth-order valence-corrected chi connectivity index (χ4v) is 3.84. The molecule has 1 atom stereocenters. The van der Waals surface area contributed by atoms with Crippen molar-refractivity contribution in [1.29, 1.82) is 0 Å². The van der Waals surface area contributed by atoms with E-state index in [9.17, 15) is 13.2 Å². The van der Waals surface area contributed by atoms with Crippen LogP contribution >= 0.6 is 0 Å². The quantitative estimate of drug-likeness (QED) is 0.689. The minimum Gasteiger partial charge on any atom is -0.493 e. The highest BCUT2D eigenvalue weighted by Gasteiger charge is 2.26. The van der Waals surface area contributed by atoms with Gasteiger partial charge in [0.05, 0.1) is 24.7 Å². The van der Waals surface area contributed by atoms with Crippen LogP contribution in [0.2, 0.25) is 0 Å². The Morgan fingerprint density at radius 1 is 1.35 bits per heavy atom. The molecule has 0 bridgehead atoms. The number of likely N-dealkylation sites (tertiary alicyclic amines) is 1. The molecule has 1 aromatic carbocycles. The first-order valence-electron chi connectivity index (χ1n) is 8.62. The minimum absolute atomic E-state index is 0.0795. The van der Waals surface area contributed by atoms with E-state index in [0.717, 1.165) is 32.4 Å². The van der Waals surface area contributed by atoms with Gasteiger partial charge in [-0.2, -0.15) is 0 Å². The fraction of sp³-hybridized carbons (Fsp3) is 0.588. The lowest BCUT2D eigenvalue weighted by Gasteiger charge is -2.24. The van der Waals surface area contributed by atoms with Crippen molar-refractivity contribution >= 4 is 15.9 Å². The molecule has 146 valence electrons. The first-order valence-corrected chi connectivity index (χ1v) is 10.2. The van der Waals surface area contributed by atoms with Crippen molar-refractivity contribution < 1.29 is 22.7 Å².